The van der Waals surface area contributed by atoms with Gasteiger partial charge in [-0.3, -0.25) is 0 Å². The molecule has 272 valence electrons. The second-order valence-electron chi connectivity index (χ2n) is 16.0. The summed E-state index contributed by atoms with van der Waals surface area (Å²) in [5.41, 5.74) is 11.7. The van der Waals surface area contributed by atoms with Crippen molar-refractivity contribution in [2.45, 2.75) is 19.3 Å². The molecular formula is C54H36N4. The largest absolute Gasteiger partial charge is 0.309 e. The summed E-state index contributed by atoms with van der Waals surface area (Å²) in [6.45, 7) is 4.77. The first-order chi connectivity index (χ1) is 28.5. The summed E-state index contributed by atoms with van der Waals surface area (Å²) in [5, 5.41) is 9.68. The van der Waals surface area contributed by atoms with Crippen LogP contribution in [0.2, 0.25) is 0 Å². The van der Waals surface area contributed by atoms with Gasteiger partial charge in [-0.15, -0.1) is 0 Å². The molecule has 11 aromatic rings. The van der Waals surface area contributed by atoms with Gasteiger partial charge in [0.05, 0.1) is 16.7 Å². The standard InChI is InChI=1S/C54H36N4/c1-54(2)46-32-49-45(31-44(46)42-29-26-34-15-7-9-21-40(34)50(42)54)41-22-10-11-24-48(41)58(49)47-25-13-19-36-30-37(27-28-39(36)47)52-55-51(35-16-4-3-5-17-35)56-53(57-52)43-23-12-18-33-14-6-8-20-38(33)43/h3-32H,1-2H3. The minimum absolute atomic E-state index is 0.164. The Hall–Kier alpha value is -7.43. The van der Waals surface area contributed by atoms with E-state index in [1.54, 1.807) is 0 Å². The predicted molar refractivity (Wildman–Crippen MR) is 241 cm³/mol. The van der Waals surface area contributed by atoms with Crippen molar-refractivity contribution in [1.82, 2.24) is 19.5 Å². The summed E-state index contributed by atoms with van der Waals surface area (Å²) < 4.78 is 2.47. The lowest BCUT2D eigenvalue weighted by Gasteiger charge is -2.23. The number of benzene rings is 9. The van der Waals surface area contributed by atoms with Crippen LogP contribution in [0.15, 0.2) is 182 Å². The van der Waals surface area contributed by atoms with Gasteiger partial charge in [0.25, 0.3) is 0 Å². The Morgan fingerprint density at radius 1 is 0.379 bits per heavy atom. The van der Waals surface area contributed by atoms with Crippen LogP contribution in [0.4, 0.5) is 0 Å². The average Bonchev–Trinajstić information content (AvgIpc) is 3.72. The Morgan fingerprint density at radius 3 is 1.88 bits per heavy atom. The van der Waals surface area contributed by atoms with Gasteiger partial charge in [0.2, 0.25) is 0 Å². The number of hydrogen-bond acceptors (Lipinski definition) is 3. The zero-order valence-corrected chi connectivity index (χ0v) is 32.1. The molecule has 0 saturated heterocycles. The maximum absolute atomic E-state index is 5.17. The third kappa shape index (κ3) is 4.78. The van der Waals surface area contributed by atoms with Gasteiger partial charge in [-0.25, -0.2) is 15.0 Å². The van der Waals surface area contributed by atoms with E-state index in [-0.39, 0.29) is 5.41 Å². The fraction of sp³-hybridized carbons (Fsp3) is 0.0556. The normalized spacial score (nSPS) is 13.1. The molecule has 0 amide bonds. The third-order valence-corrected chi connectivity index (χ3v) is 12.4. The van der Waals surface area contributed by atoms with Gasteiger partial charge in [0.1, 0.15) is 0 Å². The van der Waals surface area contributed by atoms with Crippen LogP contribution in [0.3, 0.4) is 0 Å². The van der Waals surface area contributed by atoms with Crippen LogP contribution in [0.25, 0.3) is 105 Å². The number of fused-ring (bicyclic) bond motifs is 10. The lowest BCUT2D eigenvalue weighted by molar-refractivity contribution is 0.667. The van der Waals surface area contributed by atoms with E-state index in [0.717, 1.165) is 43.9 Å². The van der Waals surface area contributed by atoms with E-state index in [1.165, 1.54) is 54.8 Å². The van der Waals surface area contributed by atoms with Crippen LogP contribution in [-0.2, 0) is 5.41 Å². The van der Waals surface area contributed by atoms with Gasteiger partial charge in [0.15, 0.2) is 17.5 Å². The first-order valence-corrected chi connectivity index (χ1v) is 19.9. The maximum Gasteiger partial charge on any atom is 0.164 e. The molecule has 58 heavy (non-hydrogen) atoms. The highest BCUT2D eigenvalue weighted by Crippen LogP contribution is 2.53. The highest BCUT2D eigenvalue weighted by atomic mass is 15.0. The van der Waals surface area contributed by atoms with Crippen molar-refractivity contribution in [3.8, 4) is 51.0 Å². The van der Waals surface area contributed by atoms with Crippen molar-refractivity contribution in [2.24, 2.45) is 0 Å². The zero-order chi connectivity index (χ0) is 38.5. The summed E-state index contributed by atoms with van der Waals surface area (Å²) >= 11 is 0. The monoisotopic (exact) mass is 740 g/mol. The predicted octanol–water partition coefficient (Wildman–Crippen LogP) is 13.7. The van der Waals surface area contributed by atoms with Crippen molar-refractivity contribution in [1.29, 1.82) is 0 Å². The van der Waals surface area contributed by atoms with Crippen LogP contribution in [0.1, 0.15) is 25.0 Å². The molecule has 0 N–H and O–H groups in total. The molecule has 2 aromatic heterocycles. The first kappa shape index (κ1) is 32.8. The van der Waals surface area contributed by atoms with Gasteiger partial charge < -0.3 is 4.57 Å². The summed E-state index contributed by atoms with van der Waals surface area (Å²) in [4.78, 5) is 15.3. The van der Waals surface area contributed by atoms with E-state index in [0.29, 0.717) is 17.5 Å². The highest BCUT2D eigenvalue weighted by Gasteiger charge is 2.38. The van der Waals surface area contributed by atoms with Gasteiger partial charge in [-0.1, -0.05) is 166 Å². The molecule has 0 fully saturated rings. The summed E-state index contributed by atoms with van der Waals surface area (Å²) in [6.07, 6.45) is 0. The van der Waals surface area contributed by atoms with E-state index >= 15 is 0 Å². The smallest absolute Gasteiger partial charge is 0.164 e. The molecule has 0 radical (unpaired) electrons. The zero-order valence-electron chi connectivity index (χ0n) is 32.1. The molecule has 1 aliphatic rings. The molecule has 0 atom stereocenters. The van der Waals surface area contributed by atoms with E-state index in [2.05, 4.69) is 182 Å². The van der Waals surface area contributed by atoms with E-state index in [4.69, 9.17) is 15.0 Å². The van der Waals surface area contributed by atoms with Gasteiger partial charge >= 0.3 is 0 Å². The summed E-state index contributed by atoms with van der Waals surface area (Å²) in [7, 11) is 0. The van der Waals surface area contributed by atoms with Crippen molar-refractivity contribution >= 4 is 54.1 Å². The van der Waals surface area contributed by atoms with Gasteiger partial charge in [-0.2, -0.15) is 0 Å². The third-order valence-electron chi connectivity index (χ3n) is 12.4. The molecular weight excluding hydrogens is 705 g/mol. The molecule has 0 unspecified atom stereocenters. The number of para-hydroxylation sites is 1. The highest BCUT2D eigenvalue weighted by molar-refractivity contribution is 6.13. The number of aromatic nitrogens is 4. The summed E-state index contributed by atoms with van der Waals surface area (Å²) in [6, 6.07) is 65.3. The Balaban J connectivity index is 1.05. The lowest BCUT2D eigenvalue weighted by Crippen LogP contribution is -2.15. The van der Waals surface area contributed by atoms with Gasteiger partial charge in [-0.05, 0) is 79.5 Å². The van der Waals surface area contributed by atoms with Gasteiger partial charge in [0, 0.05) is 38.3 Å². The van der Waals surface area contributed by atoms with Crippen molar-refractivity contribution in [3.05, 3.63) is 193 Å². The molecule has 0 spiro atoms. The molecule has 9 aromatic carbocycles. The van der Waals surface area contributed by atoms with E-state index in [9.17, 15) is 0 Å². The van der Waals surface area contributed by atoms with Crippen LogP contribution < -0.4 is 0 Å². The Kier molecular flexibility index (Phi) is 6.94. The molecule has 4 nitrogen and oxygen atoms in total. The minimum Gasteiger partial charge on any atom is -0.309 e. The lowest BCUT2D eigenvalue weighted by atomic mass is 9.80. The number of nitrogens with zero attached hydrogens (tertiary/aromatic N) is 4. The molecule has 0 saturated carbocycles. The Bertz CT molecular complexity index is 3480. The van der Waals surface area contributed by atoms with Crippen LogP contribution in [-0.4, -0.2) is 19.5 Å². The second kappa shape index (κ2) is 12.3. The maximum atomic E-state index is 5.17. The second-order valence-corrected chi connectivity index (χ2v) is 16.0. The van der Waals surface area contributed by atoms with Crippen molar-refractivity contribution in [3.63, 3.8) is 0 Å². The summed E-state index contributed by atoms with van der Waals surface area (Å²) in [5.74, 6) is 1.95. The van der Waals surface area contributed by atoms with Crippen molar-refractivity contribution in [2.75, 3.05) is 0 Å². The Morgan fingerprint density at radius 2 is 1.03 bits per heavy atom. The fourth-order valence-corrected chi connectivity index (χ4v) is 9.68. The minimum atomic E-state index is -0.164. The first-order valence-electron chi connectivity index (χ1n) is 19.9. The topological polar surface area (TPSA) is 43.6 Å². The average molecular weight is 741 g/mol. The Labute approximate surface area is 335 Å². The van der Waals surface area contributed by atoms with Crippen LogP contribution in [0, 0.1) is 0 Å². The van der Waals surface area contributed by atoms with Crippen LogP contribution >= 0.6 is 0 Å². The molecule has 4 heteroatoms. The number of rotatable bonds is 4. The molecule has 12 rings (SSSR count). The van der Waals surface area contributed by atoms with E-state index in [1.807, 2.05) is 18.2 Å². The van der Waals surface area contributed by atoms with Crippen molar-refractivity contribution < 1.29 is 0 Å². The fourth-order valence-electron chi connectivity index (χ4n) is 9.68. The quantitative estimate of drug-likeness (QED) is 0.180. The molecule has 0 bridgehead atoms. The SMILES string of the molecule is CC1(C)c2cc3c(cc2-c2ccc4ccccc4c21)c1ccccc1n3-c1cccc2cc(-c3nc(-c4ccccc4)nc(-c4cccc5ccccc45)n3)ccc12. The molecule has 1 aliphatic carbocycles. The van der Waals surface area contributed by atoms with E-state index < -0.39 is 0 Å². The number of hydrogen-bond donors (Lipinski definition) is 0. The van der Waals surface area contributed by atoms with Crippen LogP contribution in [0.5, 0.6) is 0 Å². The molecule has 0 aliphatic heterocycles. The molecule has 2 heterocycles.